The van der Waals surface area contributed by atoms with E-state index in [-0.39, 0.29) is 4.90 Å². The average Bonchev–Trinajstić information content (AvgIpc) is 2.39. The minimum atomic E-state index is -4.10. The summed E-state index contributed by atoms with van der Waals surface area (Å²) in [6, 6.07) is -0.0408. The van der Waals surface area contributed by atoms with Crippen molar-refractivity contribution in [1.29, 1.82) is 0 Å². The smallest absolute Gasteiger partial charge is 0.324 e. The molecule has 2 atom stereocenters. The fraction of sp³-hybridized carbons (Fsp3) is 0.500. The molecule has 22 heavy (non-hydrogen) atoms. The van der Waals surface area contributed by atoms with Crippen molar-refractivity contribution in [3.05, 3.63) is 22.8 Å². The van der Waals surface area contributed by atoms with Crippen LogP contribution in [0.4, 0.5) is 0 Å². The Bertz CT molecular complexity index is 681. The lowest BCUT2D eigenvalue weighted by Crippen LogP contribution is -2.47. The van der Waals surface area contributed by atoms with Gasteiger partial charge in [0.25, 0.3) is 0 Å². The topological polar surface area (TPSA) is 113 Å². The summed E-state index contributed by atoms with van der Waals surface area (Å²) < 4.78 is 32.3. The van der Waals surface area contributed by atoms with Gasteiger partial charge in [-0.1, -0.05) is 0 Å². The molecule has 0 radical (unpaired) electrons. The normalized spacial score (nSPS) is 14.5. The minimum Gasteiger partial charge on any atom is -0.496 e. The molecule has 0 heterocycles. The Labute approximate surface area is 130 Å². The third kappa shape index (κ3) is 3.57. The molecule has 0 unspecified atom stereocenters. The number of carboxylic acids is 1. The molecular formula is C14H21NO6S. The molecule has 124 valence electrons. The molecule has 3 N–H and O–H groups in total. The van der Waals surface area contributed by atoms with E-state index in [0.29, 0.717) is 22.4 Å². The summed E-state index contributed by atoms with van der Waals surface area (Å²) in [5, 5.41) is 18.5. The van der Waals surface area contributed by atoms with Gasteiger partial charge in [-0.3, -0.25) is 4.79 Å². The van der Waals surface area contributed by atoms with Crippen molar-refractivity contribution in [2.75, 3.05) is 7.11 Å². The lowest BCUT2D eigenvalue weighted by molar-refractivity contribution is -0.141. The third-order valence-electron chi connectivity index (χ3n) is 3.50. The van der Waals surface area contributed by atoms with E-state index >= 15 is 0 Å². The number of methoxy groups -OCH3 is 1. The van der Waals surface area contributed by atoms with Crippen molar-refractivity contribution in [1.82, 2.24) is 4.72 Å². The number of sulfonamides is 1. The van der Waals surface area contributed by atoms with E-state index in [1.54, 1.807) is 26.8 Å². The second-order valence-electron chi connectivity index (χ2n) is 5.15. The highest BCUT2D eigenvalue weighted by molar-refractivity contribution is 7.89. The summed E-state index contributed by atoms with van der Waals surface area (Å²) in [5.74, 6) is -0.890. The highest BCUT2D eigenvalue weighted by Gasteiger charge is 2.31. The number of carbonyl (C=O) groups is 1. The number of nitrogens with one attached hydrogen (secondary N) is 1. The Morgan fingerprint density at radius 1 is 1.27 bits per heavy atom. The largest absolute Gasteiger partial charge is 0.496 e. The fourth-order valence-corrected chi connectivity index (χ4v) is 4.02. The number of aryl methyl sites for hydroxylation is 1. The molecule has 0 aliphatic rings. The van der Waals surface area contributed by atoms with Crippen molar-refractivity contribution < 1.29 is 28.2 Å². The zero-order chi connectivity index (χ0) is 17.2. The molecule has 0 saturated carbocycles. The van der Waals surface area contributed by atoms with Gasteiger partial charge in [0.15, 0.2) is 0 Å². The van der Waals surface area contributed by atoms with Crippen molar-refractivity contribution in [2.24, 2.45) is 0 Å². The predicted octanol–water partition coefficient (Wildman–Crippen LogP) is 0.733. The van der Waals surface area contributed by atoms with Crippen molar-refractivity contribution in [3.63, 3.8) is 0 Å². The highest BCUT2D eigenvalue weighted by Crippen LogP contribution is 2.30. The van der Waals surface area contributed by atoms with Crippen molar-refractivity contribution in [3.8, 4) is 5.75 Å². The quantitative estimate of drug-likeness (QED) is 0.708. The second kappa shape index (κ2) is 6.64. The first kappa shape index (κ1) is 18.4. The van der Waals surface area contributed by atoms with Crippen LogP contribution in [0.25, 0.3) is 0 Å². The Morgan fingerprint density at radius 3 is 2.23 bits per heavy atom. The summed E-state index contributed by atoms with van der Waals surface area (Å²) in [4.78, 5) is 11.1. The summed E-state index contributed by atoms with van der Waals surface area (Å²) in [5.41, 5.74) is 1.55. The first-order valence-corrected chi connectivity index (χ1v) is 8.09. The Hall–Kier alpha value is -1.64. The molecule has 0 fully saturated rings. The van der Waals surface area contributed by atoms with Gasteiger partial charge in [-0.25, -0.2) is 8.42 Å². The lowest BCUT2D eigenvalue weighted by atomic mass is 10.1. The van der Waals surface area contributed by atoms with Gasteiger partial charge in [0.05, 0.1) is 18.1 Å². The van der Waals surface area contributed by atoms with Crippen LogP contribution in [-0.2, 0) is 14.8 Å². The van der Waals surface area contributed by atoms with E-state index in [4.69, 9.17) is 9.84 Å². The van der Waals surface area contributed by atoms with Crippen LogP contribution in [0.3, 0.4) is 0 Å². The molecule has 0 aliphatic carbocycles. The molecule has 0 bridgehead atoms. The number of aliphatic hydroxyl groups excluding tert-OH is 1. The molecule has 0 spiro atoms. The van der Waals surface area contributed by atoms with Crippen LogP contribution >= 0.6 is 0 Å². The fourth-order valence-electron chi connectivity index (χ4n) is 2.23. The van der Waals surface area contributed by atoms with Crippen LogP contribution in [0, 0.1) is 20.8 Å². The Balaban J connectivity index is 3.41. The maximum Gasteiger partial charge on any atom is 0.324 e. The molecule has 8 heteroatoms. The highest BCUT2D eigenvalue weighted by atomic mass is 32.2. The van der Waals surface area contributed by atoms with E-state index in [0.717, 1.165) is 0 Å². The van der Waals surface area contributed by atoms with E-state index in [1.165, 1.54) is 14.0 Å². The van der Waals surface area contributed by atoms with Gasteiger partial charge in [0.2, 0.25) is 10.0 Å². The van der Waals surface area contributed by atoms with Gasteiger partial charge in [0.1, 0.15) is 11.8 Å². The number of benzene rings is 1. The molecule has 1 rings (SSSR count). The van der Waals surface area contributed by atoms with Crippen LogP contribution in [0.2, 0.25) is 0 Å². The third-order valence-corrected chi connectivity index (χ3v) is 5.23. The van der Waals surface area contributed by atoms with Crippen LogP contribution < -0.4 is 9.46 Å². The number of hydrogen-bond acceptors (Lipinski definition) is 5. The first-order valence-electron chi connectivity index (χ1n) is 6.61. The summed E-state index contributed by atoms with van der Waals surface area (Å²) >= 11 is 0. The Morgan fingerprint density at radius 2 is 1.82 bits per heavy atom. The molecule has 1 aromatic carbocycles. The molecule has 0 saturated heterocycles. The second-order valence-corrected chi connectivity index (χ2v) is 6.80. The molecule has 0 aliphatic heterocycles. The summed E-state index contributed by atoms with van der Waals surface area (Å²) in [7, 11) is -2.62. The van der Waals surface area contributed by atoms with E-state index < -0.39 is 28.1 Å². The number of aliphatic carboxylic acids is 1. The van der Waals surface area contributed by atoms with E-state index in [9.17, 15) is 18.3 Å². The molecular weight excluding hydrogens is 310 g/mol. The zero-order valence-electron chi connectivity index (χ0n) is 13.2. The Kier molecular flexibility index (Phi) is 5.55. The molecule has 0 aromatic heterocycles. The van der Waals surface area contributed by atoms with Crippen LogP contribution in [0.15, 0.2) is 11.0 Å². The van der Waals surface area contributed by atoms with E-state index in [1.807, 2.05) is 4.72 Å². The number of hydrogen-bond donors (Lipinski definition) is 3. The van der Waals surface area contributed by atoms with Gasteiger partial charge in [-0.05, 0) is 50.5 Å². The number of carboxylic acid groups (broad SMARTS) is 1. The van der Waals surface area contributed by atoms with Crippen LogP contribution in [0.5, 0.6) is 5.75 Å². The first-order chi connectivity index (χ1) is 10.0. The van der Waals surface area contributed by atoms with E-state index in [2.05, 4.69) is 0 Å². The molecule has 0 amide bonds. The zero-order valence-corrected chi connectivity index (χ0v) is 14.0. The maximum absolute atomic E-state index is 12.5. The van der Waals surface area contributed by atoms with Gasteiger partial charge in [0, 0.05) is 0 Å². The average molecular weight is 331 g/mol. The van der Waals surface area contributed by atoms with Gasteiger partial charge >= 0.3 is 5.97 Å². The number of rotatable bonds is 6. The maximum atomic E-state index is 12.5. The number of aliphatic hydroxyl groups is 1. The van der Waals surface area contributed by atoms with Gasteiger partial charge in [-0.2, -0.15) is 4.72 Å². The lowest BCUT2D eigenvalue weighted by Gasteiger charge is -2.20. The molecule has 1 aromatic rings. The standard InChI is InChI=1S/C14H21NO6S/c1-7-6-11(21-5)8(2)9(3)13(7)22(19,20)15-12(10(4)16)14(17)18/h6,10,12,15-16H,1-5H3,(H,17,18)/t10-,12+/m0/s1. The van der Waals surface area contributed by atoms with Crippen molar-refractivity contribution in [2.45, 2.75) is 44.7 Å². The minimum absolute atomic E-state index is 0.00213. The van der Waals surface area contributed by atoms with Gasteiger partial charge in [-0.15, -0.1) is 0 Å². The summed E-state index contributed by atoms with van der Waals surface area (Å²) in [6.07, 6.45) is -1.37. The van der Waals surface area contributed by atoms with Gasteiger partial charge < -0.3 is 14.9 Å². The monoisotopic (exact) mass is 331 g/mol. The van der Waals surface area contributed by atoms with Crippen molar-refractivity contribution >= 4 is 16.0 Å². The van der Waals surface area contributed by atoms with Crippen LogP contribution in [-0.4, -0.2) is 43.9 Å². The molecule has 7 nitrogen and oxygen atoms in total. The van der Waals surface area contributed by atoms with Crippen LogP contribution in [0.1, 0.15) is 23.6 Å². The number of ether oxygens (including phenoxy) is 1. The summed E-state index contributed by atoms with van der Waals surface area (Å²) in [6.45, 7) is 6.15. The predicted molar refractivity (Wildman–Crippen MR) is 80.6 cm³/mol. The SMILES string of the molecule is COc1cc(C)c(S(=O)(=O)N[C@@H](C(=O)O)[C@H](C)O)c(C)c1C.